The lowest BCUT2D eigenvalue weighted by Crippen LogP contribution is -2.24. The van der Waals surface area contributed by atoms with Crippen LogP contribution in [0.15, 0.2) is 66.7 Å². The van der Waals surface area contributed by atoms with Crippen LogP contribution in [-0.4, -0.2) is 28.6 Å². The largest absolute Gasteiger partial charge is 0.494 e. The summed E-state index contributed by atoms with van der Waals surface area (Å²) in [6.07, 6.45) is 2.34. The van der Waals surface area contributed by atoms with E-state index in [1.54, 1.807) is 0 Å². The van der Waals surface area contributed by atoms with E-state index < -0.39 is 0 Å². The Hall–Kier alpha value is -3.60. The smallest absolute Gasteiger partial charge is 0.227 e. The van der Waals surface area contributed by atoms with Crippen molar-refractivity contribution >= 4 is 22.6 Å². The first-order valence-corrected chi connectivity index (χ1v) is 12.6. The molecule has 0 aliphatic carbocycles. The van der Waals surface area contributed by atoms with Gasteiger partial charge in [0.05, 0.1) is 17.6 Å². The first kappa shape index (κ1) is 23.2. The van der Waals surface area contributed by atoms with Gasteiger partial charge in [-0.1, -0.05) is 37.3 Å². The van der Waals surface area contributed by atoms with Crippen LogP contribution in [0.5, 0.6) is 5.75 Å². The van der Waals surface area contributed by atoms with E-state index in [1.807, 2.05) is 17.0 Å². The summed E-state index contributed by atoms with van der Waals surface area (Å²) in [6, 6.07) is 22.8. The number of aryl methyl sites for hydroxylation is 4. The van der Waals surface area contributed by atoms with Gasteiger partial charge in [-0.05, 0) is 79.8 Å². The number of fused-ring (bicyclic) bond motifs is 1. The van der Waals surface area contributed by atoms with Crippen LogP contribution in [-0.2, 0) is 17.8 Å². The summed E-state index contributed by atoms with van der Waals surface area (Å²) < 4.78 is 8.32. The highest BCUT2D eigenvalue weighted by Gasteiger charge is 2.34. The normalized spacial score (nSPS) is 15.8. The van der Waals surface area contributed by atoms with Crippen LogP contribution in [0.3, 0.4) is 0 Å². The number of nitrogens with zero attached hydrogens (tertiary/aromatic N) is 3. The summed E-state index contributed by atoms with van der Waals surface area (Å²) >= 11 is 0. The minimum absolute atomic E-state index is 0.0708. The first-order valence-electron chi connectivity index (χ1n) is 12.6. The number of ether oxygens (including phenoxy) is 1. The fourth-order valence-corrected chi connectivity index (χ4v) is 4.90. The molecule has 1 fully saturated rings. The molecule has 1 aliphatic rings. The molecule has 5 nitrogen and oxygen atoms in total. The summed E-state index contributed by atoms with van der Waals surface area (Å²) in [4.78, 5) is 19.9. The molecule has 0 N–H and O–H groups in total. The second kappa shape index (κ2) is 9.95. The molecule has 35 heavy (non-hydrogen) atoms. The number of aromatic nitrogens is 2. The number of hydrogen-bond donors (Lipinski definition) is 0. The maximum Gasteiger partial charge on any atom is 0.227 e. The Balaban J connectivity index is 1.32. The van der Waals surface area contributed by atoms with Gasteiger partial charge in [-0.3, -0.25) is 4.79 Å². The molecule has 0 spiro atoms. The molecule has 3 aromatic carbocycles. The maximum atomic E-state index is 13.0. The zero-order chi connectivity index (χ0) is 24.4. The molecular formula is C30H33N3O2. The van der Waals surface area contributed by atoms with Crippen LogP contribution in [0.4, 0.5) is 5.69 Å². The van der Waals surface area contributed by atoms with Gasteiger partial charge in [-0.15, -0.1) is 0 Å². The van der Waals surface area contributed by atoms with Crippen molar-refractivity contribution in [2.75, 3.05) is 18.1 Å². The lowest BCUT2D eigenvalue weighted by Gasteiger charge is -2.18. The molecule has 0 radical (unpaired) electrons. The van der Waals surface area contributed by atoms with Crippen molar-refractivity contribution in [1.29, 1.82) is 0 Å². The Labute approximate surface area is 207 Å². The third-order valence-corrected chi connectivity index (χ3v) is 7.10. The predicted octanol–water partition coefficient (Wildman–Crippen LogP) is 6.21. The molecule has 1 saturated heterocycles. The van der Waals surface area contributed by atoms with E-state index in [0.29, 0.717) is 19.6 Å². The summed E-state index contributed by atoms with van der Waals surface area (Å²) in [5.41, 5.74) is 6.86. The number of benzene rings is 3. The van der Waals surface area contributed by atoms with Crippen LogP contribution in [0.25, 0.3) is 11.0 Å². The quantitative estimate of drug-likeness (QED) is 0.290. The van der Waals surface area contributed by atoms with Crippen LogP contribution in [0, 0.1) is 13.8 Å². The number of anilines is 1. The van der Waals surface area contributed by atoms with Crippen molar-refractivity contribution in [2.24, 2.45) is 0 Å². The standard InChI is InChI=1S/C30H33N3O2/c1-4-23-11-13-25(14-12-23)33-20-24(19-29(33)34)30-31-27-8-5-6-9-28(27)32(30)16-7-17-35-26-15-10-21(2)22(3)18-26/h5-6,8-15,18,24H,4,7,16-17,19-20H2,1-3H3. The number of para-hydroxylation sites is 2. The van der Waals surface area contributed by atoms with Crippen molar-refractivity contribution < 1.29 is 9.53 Å². The number of carbonyl (C=O) groups excluding carboxylic acids is 1. The monoisotopic (exact) mass is 467 g/mol. The SMILES string of the molecule is CCc1ccc(N2CC(c3nc4ccccc4n3CCCOc3ccc(C)c(C)c3)CC2=O)cc1. The average molecular weight is 468 g/mol. The molecule has 0 bridgehead atoms. The predicted molar refractivity (Wildman–Crippen MR) is 141 cm³/mol. The number of carbonyl (C=O) groups is 1. The second-order valence-electron chi connectivity index (χ2n) is 9.48. The lowest BCUT2D eigenvalue weighted by atomic mass is 10.1. The Kier molecular flexibility index (Phi) is 6.58. The van der Waals surface area contributed by atoms with E-state index in [4.69, 9.17) is 9.72 Å². The summed E-state index contributed by atoms with van der Waals surface area (Å²) in [5, 5.41) is 0. The molecule has 1 aromatic heterocycles. The van der Waals surface area contributed by atoms with Crippen molar-refractivity contribution in [3.05, 3.63) is 89.2 Å². The molecule has 180 valence electrons. The molecule has 1 unspecified atom stereocenters. The topological polar surface area (TPSA) is 47.4 Å². The van der Waals surface area contributed by atoms with Gasteiger partial charge in [0.1, 0.15) is 11.6 Å². The number of hydrogen-bond acceptors (Lipinski definition) is 3. The van der Waals surface area contributed by atoms with E-state index in [1.165, 1.54) is 16.7 Å². The van der Waals surface area contributed by atoms with E-state index in [2.05, 4.69) is 79.9 Å². The molecule has 0 saturated carbocycles. The Morgan fingerprint density at radius 2 is 1.80 bits per heavy atom. The van der Waals surface area contributed by atoms with E-state index in [9.17, 15) is 4.79 Å². The van der Waals surface area contributed by atoms with Crippen LogP contribution in [0.2, 0.25) is 0 Å². The van der Waals surface area contributed by atoms with Crippen molar-refractivity contribution in [1.82, 2.24) is 9.55 Å². The number of imidazole rings is 1. The van der Waals surface area contributed by atoms with E-state index in [-0.39, 0.29) is 11.8 Å². The molecule has 4 aromatic rings. The fourth-order valence-electron chi connectivity index (χ4n) is 4.90. The fraction of sp³-hybridized carbons (Fsp3) is 0.333. The van der Waals surface area contributed by atoms with Crippen molar-refractivity contribution in [3.63, 3.8) is 0 Å². The maximum absolute atomic E-state index is 13.0. The van der Waals surface area contributed by atoms with Gasteiger partial charge >= 0.3 is 0 Å². The second-order valence-corrected chi connectivity index (χ2v) is 9.48. The van der Waals surface area contributed by atoms with Crippen LogP contribution in [0.1, 0.15) is 48.2 Å². The Morgan fingerprint density at radius 3 is 2.57 bits per heavy atom. The molecule has 2 heterocycles. The lowest BCUT2D eigenvalue weighted by molar-refractivity contribution is -0.117. The molecule has 1 atom stereocenters. The highest BCUT2D eigenvalue weighted by atomic mass is 16.5. The van der Waals surface area contributed by atoms with E-state index in [0.717, 1.165) is 47.7 Å². The molecule has 5 rings (SSSR count). The zero-order valence-corrected chi connectivity index (χ0v) is 20.8. The Morgan fingerprint density at radius 1 is 1.00 bits per heavy atom. The van der Waals surface area contributed by atoms with Crippen molar-refractivity contribution in [2.45, 2.75) is 52.5 Å². The summed E-state index contributed by atoms with van der Waals surface area (Å²) in [5.74, 6) is 2.14. The highest BCUT2D eigenvalue weighted by molar-refractivity contribution is 5.96. The van der Waals surface area contributed by atoms with Gasteiger partial charge in [0.25, 0.3) is 0 Å². The van der Waals surface area contributed by atoms with Crippen LogP contribution < -0.4 is 9.64 Å². The van der Waals surface area contributed by atoms with Gasteiger partial charge in [0.15, 0.2) is 0 Å². The molecule has 1 aliphatic heterocycles. The first-order chi connectivity index (χ1) is 17.0. The third-order valence-electron chi connectivity index (χ3n) is 7.10. The van der Waals surface area contributed by atoms with Crippen molar-refractivity contribution in [3.8, 4) is 5.75 Å². The minimum atomic E-state index is 0.0708. The number of rotatable bonds is 8. The molecule has 5 heteroatoms. The van der Waals surface area contributed by atoms with Gasteiger partial charge in [-0.25, -0.2) is 4.98 Å². The molecule has 1 amide bonds. The molecular weight excluding hydrogens is 434 g/mol. The van der Waals surface area contributed by atoms with Crippen LogP contribution >= 0.6 is 0 Å². The van der Waals surface area contributed by atoms with Gasteiger partial charge < -0.3 is 14.2 Å². The average Bonchev–Trinajstić information content (AvgIpc) is 3.44. The van der Waals surface area contributed by atoms with Gasteiger partial charge in [0, 0.05) is 31.1 Å². The summed E-state index contributed by atoms with van der Waals surface area (Å²) in [7, 11) is 0. The third kappa shape index (κ3) is 4.81. The van der Waals surface area contributed by atoms with E-state index >= 15 is 0 Å². The Bertz CT molecular complexity index is 1340. The highest BCUT2D eigenvalue weighted by Crippen LogP contribution is 2.33. The zero-order valence-electron chi connectivity index (χ0n) is 20.8. The number of amides is 1. The van der Waals surface area contributed by atoms with Gasteiger partial charge in [-0.2, -0.15) is 0 Å². The summed E-state index contributed by atoms with van der Waals surface area (Å²) in [6.45, 7) is 8.46. The minimum Gasteiger partial charge on any atom is -0.494 e. The van der Waals surface area contributed by atoms with Gasteiger partial charge in [0.2, 0.25) is 5.91 Å².